The van der Waals surface area contributed by atoms with Gasteiger partial charge in [0, 0.05) is 32.2 Å². The van der Waals surface area contributed by atoms with Crippen LogP contribution in [0.4, 0.5) is 14.4 Å². The average molecular weight is 687 g/mol. The van der Waals surface area contributed by atoms with E-state index in [0.29, 0.717) is 13.2 Å². The van der Waals surface area contributed by atoms with Crippen LogP contribution in [-0.2, 0) is 39.9 Å². The Morgan fingerprint density at radius 3 is 1.70 bits per heavy atom. The topological polar surface area (TPSA) is 176 Å². The minimum atomic E-state index is -0.684. The summed E-state index contributed by atoms with van der Waals surface area (Å²) in [6.45, 7) is 15.6. The monoisotopic (exact) mass is 686 g/mol. The second kappa shape index (κ2) is 18.5. The van der Waals surface area contributed by atoms with Crippen molar-refractivity contribution in [1.29, 1.82) is 0 Å². The molecule has 0 saturated carbocycles. The van der Waals surface area contributed by atoms with Crippen molar-refractivity contribution < 1.29 is 47.7 Å². The molecule has 15 heteroatoms. The predicted octanol–water partition coefficient (Wildman–Crippen LogP) is 3.88. The summed E-state index contributed by atoms with van der Waals surface area (Å²) in [7, 11) is 0. The molecule has 266 valence electrons. The van der Waals surface area contributed by atoms with Gasteiger partial charge in [0.15, 0.2) is 0 Å². The minimum Gasteiger partial charge on any atom is -0.466 e. The van der Waals surface area contributed by atoms with Crippen LogP contribution in [0.25, 0.3) is 0 Å². The Morgan fingerprint density at radius 2 is 1.21 bits per heavy atom. The summed E-state index contributed by atoms with van der Waals surface area (Å²) >= 11 is 0. The zero-order valence-corrected chi connectivity index (χ0v) is 29.4. The summed E-state index contributed by atoms with van der Waals surface area (Å²) in [5.41, 5.74) is 5.49. The van der Waals surface area contributed by atoms with Crippen LogP contribution < -0.4 is 11.1 Å². The molecule has 3 rings (SSSR count). The summed E-state index contributed by atoms with van der Waals surface area (Å²) in [6, 6.07) is 8.25. The van der Waals surface area contributed by atoms with Gasteiger partial charge < -0.3 is 44.5 Å². The molecule has 0 unspecified atom stereocenters. The van der Waals surface area contributed by atoms with Crippen LogP contribution in [-0.4, -0.2) is 103 Å². The number of likely N-dealkylation sites (tertiary alicyclic amines) is 2. The number of halogens is 1. The zero-order chi connectivity index (χ0) is 34.7. The highest BCUT2D eigenvalue weighted by Crippen LogP contribution is 2.22. The van der Waals surface area contributed by atoms with E-state index in [1.807, 2.05) is 30.3 Å². The maximum atomic E-state index is 12.3. The van der Waals surface area contributed by atoms with Crippen LogP contribution in [0.3, 0.4) is 0 Å². The molecule has 0 aromatic heterocycles. The smallest absolute Gasteiger partial charge is 0.410 e. The van der Waals surface area contributed by atoms with Gasteiger partial charge in [0.1, 0.15) is 17.8 Å². The summed E-state index contributed by atoms with van der Waals surface area (Å²) in [5, 5.41) is 2.67. The van der Waals surface area contributed by atoms with Crippen molar-refractivity contribution in [2.45, 2.75) is 85.3 Å². The standard InChI is InChI=1S/C20H28N2O6.C12H22N2O4.ClH/c1-5-26-17(23)15-11-22(19(25)28-20(2,3)4)12-16(15)21-18(24)27-13-14-9-7-6-8-10-14;1-5-17-10(15)8-6-14(7-9(8)13)11(16)18-12(2,3)4;/h6-10,15-16H,5,11-13H2,1-4H3,(H,21,24);8-9H,5-7,13H2,1-4H3;1H/t15-,16-;8-,9-;/m11./s1. The largest absolute Gasteiger partial charge is 0.466 e. The normalized spacial score (nSPS) is 20.5. The van der Waals surface area contributed by atoms with Crippen molar-refractivity contribution in [1.82, 2.24) is 15.1 Å². The number of ether oxygens (including phenoxy) is 5. The van der Waals surface area contributed by atoms with Crippen LogP contribution in [0.5, 0.6) is 0 Å². The molecule has 4 atom stereocenters. The molecule has 2 fully saturated rings. The Hall–Kier alpha value is -3.78. The number of hydrogen-bond acceptors (Lipinski definition) is 11. The number of rotatable bonds is 7. The number of nitrogens with two attached hydrogens (primary N) is 1. The molecule has 2 aliphatic heterocycles. The Morgan fingerprint density at radius 1 is 0.745 bits per heavy atom. The van der Waals surface area contributed by atoms with E-state index in [0.717, 1.165) is 5.56 Å². The first-order chi connectivity index (χ1) is 21.4. The van der Waals surface area contributed by atoms with E-state index in [-0.39, 0.29) is 51.2 Å². The Kier molecular flexibility index (Phi) is 16.3. The molecule has 0 bridgehead atoms. The molecule has 2 aliphatic rings. The second-order valence-corrected chi connectivity index (χ2v) is 13.0. The maximum absolute atomic E-state index is 12.3. The van der Waals surface area contributed by atoms with Crippen LogP contribution in [0, 0.1) is 11.8 Å². The summed E-state index contributed by atoms with van der Waals surface area (Å²) < 4.78 is 25.8. The van der Waals surface area contributed by atoms with Crippen LogP contribution >= 0.6 is 12.4 Å². The van der Waals surface area contributed by atoms with E-state index < -0.39 is 59.4 Å². The summed E-state index contributed by atoms with van der Waals surface area (Å²) in [6.07, 6.45) is -1.64. The van der Waals surface area contributed by atoms with Gasteiger partial charge in [-0.1, -0.05) is 30.3 Å². The predicted molar refractivity (Wildman–Crippen MR) is 175 cm³/mol. The SMILES string of the molecule is CCOC(=O)[C@@H]1CN(C(=O)OC(C)(C)C)C[C@H]1N.CCOC(=O)[C@@H]1CN(C(=O)OC(C)(C)C)C[C@H]1NC(=O)OCc1ccccc1.Cl. The highest BCUT2D eigenvalue weighted by Gasteiger charge is 2.43. The van der Waals surface area contributed by atoms with Crippen molar-refractivity contribution >= 4 is 42.6 Å². The minimum absolute atomic E-state index is 0. The lowest BCUT2D eigenvalue weighted by Gasteiger charge is -2.24. The van der Waals surface area contributed by atoms with E-state index in [1.165, 1.54) is 9.80 Å². The molecule has 1 aromatic rings. The fraction of sp³-hybridized carbons (Fsp3) is 0.656. The van der Waals surface area contributed by atoms with Crippen molar-refractivity contribution in [2.24, 2.45) is 17.6 Å². The lowest BCUT2D eigenvalue weighted by Crippen LogP contribution is -2.44. The van der Waals surface area contributed by atoms with Crippen LogP contribution in [0.15, 0.2) is 30.3 Å². The molecule has 2 heterocycles. The van der Waals surface area contributed by atoms with Gasteiger partial charge >= 0.3 is 30.2 Å². The zero-order valence-electron chi connectivity index (χ0n) is 28.6. The van der Waals surface area contributed by atoms with Gasteiger partial charge in [0.05, 0.1) is 31.1 Å². The third-order valence-electron chi connectivity index (χ3n) is 6.68. The number of esters is 2. The fourth-order valence-electron chi connectivity index (χ4n) is 4.63. The van der Waals surface area contributed by atoms with Crippen molar-refractivity contribution in [3.05, 3.63) is 35.9 Å². The van der Waals surface area contributed by atoms with Crippen molar-refractivity contribution in [2.75, 3.05) is 39.4 Å². The Bertz CT molecular complexity index is 1190. The number of amides is 3. The van der Waals surface area contributed by atoms with Gasteiger partial charge in [-0.3, -0.25) is 9.59 Å². The van der Waals surface area contributed by atoms with Crippen molar-refractivity contribution in [3.8, 4) is 0 Å². The third-order valence-corrected chi connectivity index (χ3v) is 6.68. The number of carbonyl (C=O) groups is 5. The highest BCUT2D eigenvalue weighted by molar-refractivity contribution is 5.85. The number of nitrogens with one attached hydrogen (secondary N) is 1. The summed E-state index contributed by atoms with van der Waals surface area (Å²) in [4.78, 5) is 63.1. The number of carbonyl (C=O) groups excluding carboxylic acids is 5. The van der Waals surface area contributed by atoms with Gasteiger partial charge in [-0.15, -0.1) is 12.4 Å². The molecule has 14 nitrogen and oxygen atoms in total. The van der Waals surface area contributed by atoms with E-state index in [9.17, 15) is 24.0 Å². The quantitative estimate of drug-likeness (QED) is 0.314. The van der Waals surface area contributed by atoms with Gasteiger partial charge in [-0.2, -0.15) is 0 Å². The number of benzene rings is 1. The Labute approximate surface area is 283 Å². The van der Waals surface area contributed by atoms with E-state index in [4.69, 9.17) is 29.4 Å². The number of hydrogen-bond donors (Lipinski definition) is 2. The van der Waals surface area contributed by atoms with Gasteiger partial charge in [0.25, 0.3) is 0 Å². The second-order valence-electron chi connectivity index (χ2n) is 13.0. The van der Waals surface area contributed by atoms with Crippen LogP contribution in [0.1, 0.15) is 61.0 Å². The first-order valence-electron chi connectivity index (χ1n) is 15.5. The molecular formula is C32H51ClN4O10. The van der Waals surface area contributed by atoms with E-state index in [2.05, 4.69) is 5.32 Å². The third kappa shape index (κ3) is 14.3. The molecule has 47 heavy (non-hydrogen) atoms. The molecular weight excluding hydrogens is 636 g/mol. The van der Waals surface area contributed by atoms with Gasteiger partial charge in [-0.05, 0) is 61.0 Å². The lowest BCUT2D eigenvalue weighted by atomic mass is 10.0. The van der Waals surface area contributed by atoms with Crippen LogP contribution in [0.2, 0.25) is 0 Å². The van der Waals surface area contributed by atoms with Gasteiger partial charge in [-0.25, -0.2) is 14.4 Å². The molecule has 3 N–H and O–H groups in total. The Balaban J connectivity index is 0.000000505. The average Bonchev–Trinajstić information content (AvgIpc) is 3.55. The molecule has 2 saturated heterocycles. The molecule has 0 radical (unpaired) electrons. The lowest BCUT2D eigenvalue weighted by molar-refractivity contribution is -0.148. The van der Waals surface area contributed by atoms with E-state index >= 15 is 0 Å². The molecule has 1 aromatic carbocycles. The molecule has 0 spiro atoms. The first-order valence-corrected chi connectivity index (χ1v) is 15.5. The highest BCUT2D eigenvalue weighted by atomic mass is 35.5. The summed E-state index contributed by atoms with van der Waals surface area (Å²) in [5.74, 6) is -1.97. The van der Waals surface area contributed by atoms with Crippen molar-refractivity contribution in [3.63, 3.8) is 0 Å². The maximum Gasteiger partial charge on any atom is 0.410 e. The molecule has 0 aliphatic carbocycles. The first kappa shape index (κ1) is 41.2. The molecule has 3 amide bonds. The fourth-order valence-corrected chi connectivity index (χ4v) is 4.63. The van der Waals surface area contributed by atoms with E-state index in [1.54, 1.807) is 55.4 Å². The number of alkyl carbamates (subject to hydrolysis) is 1. The number of nitrogens with zero attached hydrogens (tertiary/aromatic N) is 2. The van der Waals surface area contributed by atoms with Gasteiger partial charge in [0.2, 0.25) is 0 Å².